The van der Waals surface area contributed by atoms with Crippen molar-refractivity contribution in [1.82, 2.24) is 9.88 Å². The second-order valence-corrected chi connectivity index (χ2v) is 12.9. The molecule has 0 bridgehead atoms. The van der Waals surface area contributed by atoms with Crippen LogP contribution >= 0.6 is 0 Å². The molecule has 0 aliphatic carbocycles. The first-order valence-electron chi connectivity index (χ1n) is 14.5. The van der Waals surface area contributed by atoms with Crippen LogP contribution in [-0.2, 0) is 27.7 Å². The van der Waals surface area contributed by atoms with Gasteiger partial charge in [0.05, 0.1) is 43.1 Å². The highest BCUT2D eigenvalue weighted by Gasteiger charge is 2.23. The van der Waals surface area contributed by atoms with Crippen LogP contribution in [0.2, 0.25) is 0 Å². The summed E-state index contributed by atoms with van der Waals surface area (Å²) in [5.74, 6) is 6.84. The lowest BCUT2D eigenvalue weighted by atomic mass is 9.86. The van der Waals surface area contributed by atoms with Crippen LogP contribution in [0.15, 0.2) is 66.9 Å². The fourth-order valence-electron chi connectivity index (χ4n) is 5.30. The average molecular weight is 617 g/mol. The minimum absolute atomic E-state index is 0.249. The van der Waals surface area contributed by atoms with Gasteiger partial charge < -0.3 is 19.5 Å². The van der Waals surface area contributed by atoms with Gasteiger partial charge >= 0.3 is 6.03 Å². The fraction of sp³-hybridized carbons (Fsp3) is 0.333. The molecule has 0 saturated carbocycles. The third kappa shape index (κ3) is 7.02. The Kier molecular flexibility index (Phi) is 9.50. The van der Waals surface area contributed by atoms with Gasteiger partial charge in [-0.25, -0.2) is 19.9 Å². The summed E-state index contributed by atoms with van der Waals surface area (Å²) < 4.78 is 26.0. The summed E-state index contributed by atoms with van der Waals surface area (Å²) in [6, 6.07) is 19.0. The second-order valence-electron chi connectivity index (χ2n) is 11.8. The van der Waals surface area contributed by atoms with Crippen molar-refractivity contribution in [2.45, 2.75) is 32.7 Å². The quantitative estimate of drug-likeness (QED) is 0.133. The van der Waals surface area contributed by atoms with Crippen molar-refractivity contribution in [2.75, 3.05) is 54.7 Å². The summed E-state index contributed by atoms with van der Waals surface area (Å²) >= 11 is 0. The summed E-state index contributed by atoms with van der Waals surface area (Å²) in [7, 11) is 0.153. The van der Waals surface area contributed by atoms with Gasteiger partial charge in [-0.15, -0.1) is 0 Å². The van der Waals surface area contributed by atoms with E-state index in [1.165, 1.54) is 13.4 Å². The number of anilines is 3. The number of fused-ring (bicyclic) bond motifs is 1. The smallest absolute Gasteiger partial charge is 0.340 e. The van der Waals surface area contributed by atoms with E-state index >= 15 is 0 Å². The topological polar surface area (TPSA) is 122 Å². The Balaban J connectivity index is 1.43. The maximum absolute atomic E-state index is 13.6. The number of ether oxygens (including phenoxy) is 2. The number of nitrogens with one attached hydrogen (secondary N) is 2. The van der Waals surface area contributed by atoms with Crippen LogP contribution in [-0.4, -0.2) is 59.8 Å². The van der Waals surface area contributed by atoms with Crippen LogP contribution < -0.4 is 25.6 Å². The number of hydrogen-bond donors (Lipinski definition) is 3. The largest absolute Gasteiger partial charge is 0.492 e. The van der Waals surface area contributed by atoms with Crippen molar-refractivity contribution in [3.63, 3.8) is 0 Å². The first kappa shape index (κ1) is 31.4. The molecule has 10 nitrogen and oxygen atoms in total. The van der Waals surface area contributed by atoms with Crippen molar-refractivity contribution < 1.29 is 18.5 Å². The second kappa shape index (κ2) is 13.3. The zero-order chi connectivity index (χ0) is 31.4. The zero-order valence-electron chi connectivity index (χ0n) is 25.8. The normalized spacial score (nSPS) is 14.7. The molecule has 2 amide bonds. The van der Waals surface area contributed by atoms with Crippen LogP contribution in [0.25, 0.3) is 21.9 Å². The van der Waals surface area contributed by atoms with Gasteiger partial charge in [-0.2, -0.15) is 0 Å². The first-order chi connectivity index (χ1) is 21.0. The molecule has 1 atom stereocenters. The van der Waals surface area contributed by atoms with Gasteiger partial charge in [0.1, 0.15) is 11.0 Å². The molecule has 0 radical (unpaired) electrons. The summed E-state index contributed by atoms with van der Waals surface area (Å²) in [6.45, 7) is 10.3. The van der Waals surface area contributed by atoms with E-state index in [9.17, 15) is 9.00 Å². The lowest BCUT2D eigenvalue weighted by Crippen LogP contribution is -2.41. The number of carbonyl (C=O) groups excluding carboxylic acids is 1. The zero-order valence-corrected chi connectivity index (χ0v) is 26.7. The average Bonchev–Trinajstić information content (AvgIpc) is 3.00. The number of aromatic nitrogens is 1. The van der Waals surface area contributed by atoms with E-state index in [0.29, 0.717) is 22.8 Å². The van der Waals surface area contributed by atoms with Gasteiger partial charge in [0, 0.05) is 43.0 Å². The van der Waals surface area contributed by atoms with Crippen LogP contribution in [0.5, 0.6) is 5.75 Å². The minimum Gasteiger partial charge on any atom is -0.492 e. The van der Waals surface area contributed by atoms with Gasteiger partial charge in [-0.1, -0.05) is 57.2 Å². The molecular weight excluding hydrogens is 576 g/mol. The number of rotatable bonds is 8. The maximum Gasteiger partial charge on any atom is 0.340 e. The molecule has 44 heavy (non-hydrogen) atoms. The monoisotopic (exact) mass is 616 g/mol. The minimum atomic E-state index is -1.35. The summed E-state index contributed by atoms with van der Waals surface area (Å²) in [6.07, 6.45) is 3.43. The van der Waals surface area contributed by atoms with E-state index in [1.54, 1.807) is 0 Å². The van der Waals surface area contributed by atoms with E-state index in [4.69, 9.17) is 20.3 Å². The van der Waals surface area contributed by atoms with Crippen molar-refractivity contribution in [2.24, 2.45) is 5.84 Å². The third-order valence-corrected chi connectivity index (χ3v) is 8.17. The molecule has 1 unspecified atom stereocenters. The number of amides is 2. The SMILES string of the molecule is COc1c(NC(=O)N(N)c2ccc(-c3ccc(CN4CCOCC4)nc3)c3ccccc23)cc(C(C)(C)C)cc1NS(C)=O. The Morgan fingerprint density at radius 1 is 1.07 bits per heavy atom. The van der Waals surface area contributed by atoms with E-state index in [2.05, 4.69) is 47.8 Å². The molecule has 1 aliphatic heterocycles. The molecule has 1 aliphatic rings. The van der Waals surface area contributed by atoms with Gasteiger partial charge in [0.15, 0.2) is 5.75 Å². The van der Waals surface area contributed by atoms with E-state index in [-0.39, 0.29) is 5.41 Å². The predicted octanol–water partition coefficient (Wildman–Crippen LogP) is 5.66. The number of benzene rings is 3. The lowest BCUT2D eigenvalue weighted by molar-refractivity contribution is 0.0336. The van der Waals surface area contributed by atoms with Gasteiger partial charge in [0.2, 0.25) is 0 Å². The van der Waals surface area contributed by atoms with Crippen LogP contribution in [0.1, 0.15) is 32.0 Å². The van der Waals surface area contributed by atoms with E-state index in [0.717, 1.165) is 71.0 Å². The molecule has 1 aromatic heterocycles. The van der Waals surface area contributed by atoms with Crippen molar-refractivity contribution in [1.29, 1.82) is 0 Å². The number of hydrogen-bond acceptors (Lipinski definition) is 7. The number of morpholine rings is 1. The maximum atomic E-state index is 13.6. The summed E-state index contributed by atoms with van der Waals surface area (Å²) in [5.41, 5.74) is 5.12. The van der Waals surface area contributed by atoms with Crippen LogP contribution in [0, 0.1) is 0 Å². The number of pyridine rings is 1. The Hall–Kier alpha value is -4.03. The van der Waals surface area contributed by atoms with Crippen LogP contribution in [0.3, 0.4) is 0 Å². The van der Waals surface area contributed by atoms with Crippen molar-refractivity contribution in [3.8, 4) is 16.9 Å². The molecule has 232 valence electrons. The van der Waals surface area contributed by atoms with E-state index in [1.807, 2.05) is 54.7 Å². The number of carbonyl (C=O) groups is 1. The summed E-state index contributed by atoms with van der Waals surface area (Å²) in [4.78, 5) is 20.7. The Labute approximate surface area is 261 Å². The number of methoxy groups -OCH3 is 1. The van der Waals surface area contributed by atoms with Crippen LogP contribution in [0.4, 0.5) is 21.9 Å². The molecule has 3 aromatic carbocycles. The van der Waals surface area contributed by atoms with E-state index < -0.39 is 17.0 Å². The number of nitrogens with zero attached hydrogens (tertiary/aromatic N) is 3. The molecule has 1 fully saturated rings. The molecule has 2 heterocycles. The van der Waals surface area contributed by atoms with Gasteiger partial charge in [-0.05, 0) is 46.2 Å². The predicted molar refractivity (Wildman–Crippen MR) is 178 cm³/mol. The molecule has 11 heteroatoms. The number of urea groups is 1. The highest BCUT2D eigenvalue weighted by Crippen LogP contribution is 2.40. The molecule has 4 N–H and O–H groups in total. The van der Waals surface area contributed by atoms with Gasteiger partial charge in [-0.3, -0.25) is 9.88 Å². The molecule has 1 saturated heterocycles. The molecular formula is C33H40N6O4S. The molecule has 4 aromatic rings. The van der Waals surface area contributed by atoms with Crippen molar-refractivity contribution >= 4 is 44.9 Å². The number of nitrogens with two attached hydrogens (primary N) is 1. The van der Waals surface area contributed by atoms with Crippen molar-refractivity contribution in [3.05, 3.63) is 78.1 Å². The molecule has 5 rings (SSSR count). The summed E-state index contributed by atoms with van der Waals surface area (Å²) in [5, 5.41) is 5.78. The standard InChI is InChI=1S/C33H40N6O4S/c1-33(2,3)23-18-28(31(42-4)29(19-23)37-44(5)41)36-32(40)39(34)30-13-12-25(26-8-6-7-9-27(26)30)22-10-11-24(35-20-22)21-38-14-16-43-17-15-38/h6-13,18-20,37H,14-17,21,34H2,1-5H3,(H,36,40). The highest BCUT2D eigenvalue weighted by molar-refractivity contribution is 7.85. The Bertz CT molecular complexity index is 1670. The Morgan fingerprint density at radius 3 is 2.41 bits per heavy atom. The first-order valence-corrected chi connectivity index (χ1v) is 16.1. The fourth-order valence-corrected chi connectivity index (χ4v) is 5.76. The number of hydrazine groups is 1. The highest BCUT2D eigenvalue weighted by atomic mass is 32.2. The lowest BCUT2D eigenvalue weighted by Gasteiger charge is -2.26. The molecule has 0 spiro atoms. The Morgan fingerprint density at radius 2 is 1.77 bits per heavy atom. The third-order valence-electron chi connectivity index (χ3n) is 7.66. The van der Waals surface area contributed by atoms with Gasteiger partial charge in [0.25, 0.3) is 0 Å².